The molecule has 0 saturated heterocycles. The van der Waals surface area contributed by atoms with Crippen LogP contribution in [0, 0.1) is 11.7 Å². The highest BCUT2D eigenvalue weighted by atomic mass is 79.9. The maximum Gasteiger partial charge on any atom is 0.231 e. The summed E-state index contributed by atoms with van der Waals surface area (Å²) in [7, 11) is 0. The molecule has 0 unspecified atom stereocenters. The van der Waals surface area contributed by atoms with E-state index < -0.39 is 0 Å². The first kappa shape index (κ1) is 14.3. The molecule has 1 aliphatic carbocycles. The minimum atomic E-state index is -0.183. The number of nitrogens with one attached hydrogen (secondary N) is 1. The maximum absolute atomic E-state index is 13.7. The Labute approximate surface area is 147 Å². The van der Waals surface area contributed by atoms with Gasteiger partial charge in [0, 0.05) is 16.1 Å². The SMILES string of the molecule is Fc1ccc2c(c1)[C@@H]1C=CC[C@@H]1[C@H](c1cc3c(cc1Br)OCO3)N2. The zero-order valence-electron chi connectivity index (χ0n) is 12.8. The van der Waals surface area contributed by atoms with Gasteiger partial charge < -0.3 is 14.8 Å². The van der Waals surface area contributed by atoms with E-state index in [0.717, 1.165) is 39.2 Å². The smallest absolute Gasteiger partial charge is 0.231 e. The van der Waals surface area contributed by atoms with Crippen molar-refractivity contribution in [2.45, 2.75) is 18.4 Å². The van der Waals surface area contributed by atoms with Crippen LogP contribution in [0.25, 0.3) is 0 Å². The van der Waals surface area contributed by atoms with Crippen molar-refractivity contribution < 1.29 is 13.9 Å². The molecule has 0 spiro atoms. The van der Waals surface area contributed by atoms with E-state index in [9.17, 15) is 4.39 Å². The Kier molecular flexibility index (Phi) is 3.13. The van der Waals surface area contributed by atoms with Gasteiger partial charge in [0.2, 0.25) is 6.79 Å². The average molecular weight is 388 g/mol. The number of fused-ring (bicyclic) bond motifs is 4. The summed E-state index contributed by atoms with van der Waals surface area (Å²) in [6.45, 7) is 0.263. The Balaban J connectivity index is 1.61. The fourth-order valence-corrected chi connectivity index (χ4v) is 4.61. The van der Waals surface area contributed by atoms with Crippen molar-refractivity contribution in [1.29, 1.82) is 0 Å². The molecule has 0 amide bonds. The van der Waals surface area contributed by atoms with Gasteiger partial charge in [-0.15, -0.1) is 0 Å². The lowest BCUT2D eigenvalue weighted by molar-refractivity contribution is 0.174. The standard InChI is InChI=1S/C19H15BrFNO2/c20-15-8-18-17(23-9-24-18)7-14(15)19-12-3-1-2-11(12)13-6-10(21)4-5-16(13)22-19/h1-2,4-8,11-12,19,22H,3,9H2/t11-,12+,19-/m1/s1. The first-order valence-electron chi connectivity index (χ1n) is 8.02. The van der Waals surface area contributed by atoms with Crippen LogP contribution in [0.3, 0.4) is 0 Å². The van der Waals surface area contributed by atoms with E-state index in [1.54, 1.807) is 6.07 Å². The number of ether oxygens (including phenoxy) is 2. The molecule has 5 heteroatoms. The van der Waals surface area contributed by atoms with Crippen LogP contribution in [-0.2, 0) is 0 Å². The molecule has 3 nitrogen and oxygen atoms in total. The minimum absolute atomic E-state index is 0.131. The van der Waals surface area contributed by atoms with Crippen LogP contribution in [0.15, 0.2) is 47.0 Å². The van der Waals surface area contributed by atoms with Crippen molar-refractivity contribution >= 4 is 21.6 Å². The van der Waals surface area contributed by atoms with Crippen LogP contribution in [0.1, 0.15) is 29.5 Å². The molecule has 5 rings (SSSR count). The average Bonchev–Trinajstić information content (AvgIpc) is 3.22. The Hall–Kier alpha value is -2.01. The molecule has 3 aliphatic rings. The van der Waals surface area contributed by atoms with E-state index in [0.29, 0.717) is 5.92 Å². The van der Waals surface area contributed by atoms with E-state index in [-0.39, 0.29) is 24.6 Å². The molecular weight excluding hydrogens is 373 g/mol. The van der Waals surface area contributed by atoms with E-state index in [1.807, 2.05) is 18.2 Å². The van der Waals surface area contributed by atoms with Crippen LogP contribution >= 0.6 is 15.9 Å². The van der Waals surface area contributed by atoms with Gasteiger partial charge in [-0.05, 0) is 53.8 Å². The van der Waals surface area contributed by atoms with Gasteiger partial charge in [0.05, 0.1) is 6.04 Å². The molecule has 24 heavy (non-hydrogen) atoms. The molecule has 1 N–H and O–H groups in total. The summed E-state index contributed by atoms with van der Waals surface area (Å²) in [6, 6.07) is 9.15. The van der Waals surface area contributed by atoms with Crippen LogP contribution in [0.2, 0.25) is 0 Å². The molecular formula is C19H15BrFNO2. The third kappa shape index (κ3) is 2.07. The molecule has 0 fully saturated rings. The normalized spacial score (nSPS) is 26.0. The summed E-state index contributed by atoms with van der Waals surface area (Å²) < 4.78 is 25.7. The van der Waals surface area contributed by atoms with E-state index in [2.05, 4.69) is 33.4 Å². The van der Waals surface area contributed by atoms with Crippen LogP contribution < -0.4 is 14.8 Å². The summed E-state index contributed by atoms with van der Waals surface area (Å²) >= 11 is 3.68. The van der Waals surface area contributed by atoms with Gasteiger partial charge in [0.1, 0.15) is 5.82 Å². The Morgan fingerprint density at radius 1 is 1.08 bits per heavy atom. The third-order valence-corrected chi connectivity index (χ3v) is 5.84. The van der Waals surface area contributed by atoms with Crippen molar-refractivity contribution in [2.24, 2.45) is 5.92 Å². The van der Waals surface area contributed by atoms with Gasteiger partial charge in [-0.3, -0.25) is 0 Å². The topological polar surface area (TPSA) is 30.5 Å². The third-order valence-electron chi connectivity index (χ3n) is 5.15. The molecule has 0 saturated carbocycles. The first-order valence-corrected chi connectivity index (χ1v) is 8.82. The minimum Gasteiger partial charge on any atom is -0.454 e. The largest absolute Gasteiger partial charge is 0.454 e. The molecule has 0 radical (unpaired) electrons. The number of rotatable bonds is 1. The van der Waals surface area contributed by atoms with Crippen LogP contribution in [-0.4, -0.2) is 6.79 Å². The van der Waals surface area contributed by atoms with Crippen molar-refractivity contribution in [3.8, 4) is 11.5 Å². The zero-order valence-corrected chi connectivity index (χ0v) is 14.3. The zero-order chi connectivity index (χ0) is 16.3. The van der Waals surface area contributed by atoms with E-state index in [4.69, 9.17) is 9.47 Å². The van der Waals surface area contributed by atoms with Crippen molar-refractivity contribution in [3.05, 3.63) is 63.9 Å². The monoisotopic (exact) mass is 387 g/mol. The summed E-state index contributed by atoms with van der Waals surface area (Å²) in [6.07, 6.45) is 5.38. The number of benzene rings is 2. The van der Waals surface area contributed by atoms with Gasteiger partial charge in [0.15, 0.2) is 11.5 Å². The Morgan fingerprint density at radius 2 is 1.92 bits per heavy atom. The highest BCUT2D eigenvalue weighted by Crippen LogP contribution is 2.52. The highest BCUT2D eigenvalue weighted by Gasteiger charge is 2.39. The Morgan fingerprint density at radius 3 is 2.79 bits per heavy atom. The number of allylic oxidation sites excluding steroid dienone is 2. The van der Waals surface area contributed by atoms with Crippen molar-refractivity contribution in [2.75, 3.05) is 12.1 Å². The lowest BCUT2D eigenvalue weighted by atomic mass is 9.77. The van der Waals surface area contributed by atoms with E-state index >= 15 is 0 Å². The van der Waals surface area contributed by atoms with E-state index in [1.165, 1.54) is 6.07 Å². The highest BCUT2D eigenvalue weighted by molar-refractivity contribution is 9.10. The van der Waals surface area contributed by atoms with Crippen LogP contribution in [0.5, 0.6) is 11.5 Å². The number of hydrogen-bond acceptors (Lipinski definition) is 3. The van der Waals surface area contributed by atoms with Gasteiger partial charge in [-0.25, -0.2) is 4.39 Å². The molecule has 0 bridgehead atoms. The van der Waals surface area contributed by atoms with Gasteiger partial charge in [0.25, 0.3) is 0 Å². The molecule has 2 aliphatic heterocycles. The predicted molar refractivity (Wildman–Crippen MR) is 93.0 cm³/mol. The second-order valence-corrected chi connectivity index (χ2v) is 7.29. The summed E-state index contributed by atoms with van der Waals surface area (Å²) in [5.74, 6) is 1.96. The van der Waals surface area contributed by atoms with Crippen LogP contribution in [0.4, 0.5) is 10.1 Å². The van der Waals surface area contributed by atoms with Crippen molar-refractivity contribution in [1.82, 2.24) is 0 Å². The fourth-order valence-electron chi connectivity index (χ4n) is 4.04. The second kappa shape index (κ2) is 5.24. The second-order valence-electron chi connectivity index (χ2n) is 6.43. The quantitative estimate of drug-likeness (QED) is 0.686. The van der Waals surface area contributed by atoms with Gasteiger partial charge >= 0.3 is 0 Å². The molecule has 3 atom stereocenters. The lowest BCUT2D eigenvalue weighted by Crippen LogP contribution is -2.29. The molecule has 2 aromatic carbocycles. The molecule has 2 aromatic rings. The number of hydrogen-bond donors (Lipinski definition) is 1. The molecule has 122 valence electrons. The van der Waals surface area contributed by atoms with Gasteiger partial charge in [-0.1, -0.05) is 28.1 Å². The summed E-state index contributed by atoms with van der Waals surface area (Å²) in [5.41, 5.74) is 3.19. The number of anilines is 1. The molecule has 0 aromatic heterocycles. The first-order chi connectivity index (χ1) is 11.7. The summed E-state index contributed by atoms with van der Waals surface area (Å²) in [4.78, 5) is 0. The van der Waals surface area contributed by atoms with Gasteiger partial charge in [-0.2, -0.15) is 0 Å². The van der Waals surface area contributed by atoms with Crippen molar-refractivity contribution in [3.63, 3.8) is 0 Å². The summed E-state index contributed by atoms with van der Waals surface area (Å²) in [5, 5.41) is 3.61. The maximum atomic E-state index is 13.7. The fraction of sp³-hybridized carbons (Fsp3) is 0.263. The lowest BCUT2D eigenvalue weighted by Gasteiger charge is -2.38. The molecule has 2 heterocycles. The Bertz CT molecular complexity index is 867. The number of halogens is 2. The predicted octanol–water partition coefficient (Wildman–Crippen LogP) is 5.14.